The van der Waals surface area contributed by atoms with Crippen molar-refractivity contribution in [1.29, 1.82) is 0 Å². The maximum absolute atomic E-state index is 11.1. The fourth-order valence-electron chi connectivity index (χ4n) is 7.19. The van der Waals surface area contributed by atoms with Gasteiger partial charge in [-0.3, -0.25) is 4.98 Å². The Morgan fingerprint density at radius 1 is 0.339 bits per heavy atom. The van der Waals surface area contributed by atoms with Crippen molar-refractivity contribution in [2.45, 2.75) is 68.2 Å². The predicted molar refractivity (Wildman–Crippen MR) is 249 cm³/mol. The van der Waals surface area contributed by atoms with Gasteiger partial charge >= 0.3 is 0 Å². The van der Waals surface area contributed by atoms with Crippen LogP contribution in [0.4, 0.5) is 0 Å². The molecule has 0 saturated heterocycles. The van der Waals surface area contributed by atoms with Crippen LogP contribution in [0.2, 0.25) is 0 Å². The maximum Gasteiger partial charge on any atom is 0.241 e. The first-order chi connectivity index (χ1) is 30.3. The number of nitrogens with one attached hydrogen (secondary N) is 4. The molecule has 5 aliphatic rings. The van der Waals surface area contributed by atoms with Gasteiger partial charge in [0, 0.05) is 45.1 Å². The summed E-state index contributed by atoms with van der Waals surface area (Å²) in [7, 11) is -6.31. The molecule has 0 atom stereocenters. The third-order valence-corrected chi connectivity index (χ3v) is 13.4. The normalized spacial score (nSPS) is 15.7. The molecule has 0 fully saturated rings. The summed E-state index contributed by atoms with van der Waals surface area (Å²) < 4.78 is 49.4. The average molecular weight is 866 g/mol. The topological polar surface area (TPSA) is 129 Å². The number of aryl methyl sites for hydroxylation is 2. The Hall–Kier alpha value is -5.79. The van der Waals surface area contributed by atoms with Gasteiger partial charge in [0.25, 0.3) is 0 Å². The lowest BCUT2D eigenvalue weighted by atomic mass is 10.0. The molecule has 12 rings (SSSR count). The summed E-state index contributed by atoms with van der Waals surface area (Å²) in [5.41, 5.74) is 10.7. The zero-order chi connectivity index (χ0) is 43.3. The summed E-state index contributed by atoms with van der Waals surface area (Å²) in [6, 6.07) is 57.6. The van der Waals surface area contributed by atoms with Crippen LogP contribution >= 0.6 is 0 Å². The molecule has 4 N–H and O–H groups in total. The molecule has 0 amide bonds. The van der Waals surface area contributed by atoms with E-state index in [2.05, 4.69) is 97.9 Å². The molecular weight excluding hydrogens is 811 g/mol. The minimum Gasteiger partial charge on any atom is -0.312 e. The van der Waals surface area contributed by atoms with Gasteiger partial charge in [-0.2, -0.15) is 0 Å². The van der Waals surface area contributed by atoms with Gasteiger partial charge in [-0.15, -0.1) is 0 Å². The molecule has 1 aromatic heterocycles. The van der Waals surface area contributed by atoms with E-state index in [4.69, 9.17) is 0 Å². The van der Waals surface area contributed by atoms with Crippen LogP contribution in [-0.2, 0) is 72.0 Å². The van der Waals surface area contributed by atoms with Crippen LogP contribution in [0.15, 0.2) is 198 Å². The van der Waals surface area contributed by atoms with Gasteiger partial charge in [0.1, 0.15) is 0 Å². The molecule has 7 aromatic rings. The first-order valence-corrected chi connectivity index (χ1v) is 23.9. The molecule has 5 heterocycles. The lowest BCUT2D eigenvalue weighted by molar-refractivity contribution is 0.588. The Morgan fingerprint density at radius 3 is 1.05 bits per heavy atom. The summed E-state index contributed by atoms with van der Waals surface area (Å²) in [4.78, 5) is 4.62. The number of benzene rings is 6. The van der Waals surface area contributed by atoms with Crippen molar-refractivity contribution in [3.63, 3.8) is 0 Å². The van der Waals surface area contributed by atoms with Crippen molar-refractivity contribution in [2.24, 2.45) is 0 Å². The molecule has 320 valence electrons. The third-order valence-electron chi connectivity index (χ3n) is 10.4. The van der Waals surface area contributed by atoms with Crippen LogP contribution < -0.4 is 20.1 Å². The number of hydrogen-bond donors (Lipinski definition) is 4. The third kappa shape index (κ3) is 14.1. The quantitative estimate of drug-likeness (QED) is 0.120. The van der Waals surface area contributed by atoms with Crippen molar-refractivity contribution in [1.82, 2.24) is 25.1 Å². The Bertz CT molecular complexity index is 2360. The van der Waals surface area contributed by atoms with Crippen molar-refractivity contribution in [3.05, 3.63) is 233 Å². The number of sulfonamides is 2. The number of pyridine rings is 1. The molecule has 62 heavy (non-hydrogen) atoms. The minimum atomic E-state index is -3.16. The smallest absolute Gasteiger partial charge is 0.241 e. The Balaban J connectivity index is 0.000000122. The largest absolute Gasteiger partial charge is 0.312 e. The van der Waals surface area contributed by atoms with E-state index in [1.807, 2.05) is 78.9 Å². The van der Waals surface area contributed by atoms with Crippen LogP contribution in [0, 0.1) is 0 Å². The van der Waals surface area contributed by atoms with E-state index in [0.717, 1.165) is 37.3 Å². The summed E-state index contributed by atoms with van der Waals surface area (Å²) in [5.74, 6) is 0. The summed E-state index contributed by atoms with van der Waals surface area (Å²) in [6.45, 7) is 5.15. The SMILES string of the molecule is O=S1(=O)NCc2ccccc21.O=S1(=O)NCc2ccccc21.c1ccc2c(c1)CCC2.c1ccc2c(c1)CCNC2.c1ccc2c(c1)CNC2.c1ccccc1.c1ccncc1. The summed E-state index contributed by atoms with van der Waals surface area (Å²) in [6.07, 6.45) is 8.65. The van der Waals surface area contributed by atoms with Crippen LogP contribution in [0.25, 0.3) is 0 Å². The van der Waals surface area contributed by atoms with Crippen molar-refractivity contribution >= 4 is 20.0 Å². The number of aromatic nitrogens is 1. The molecule has 4 aliphatic heterocycles. The minimum absolute atomic E-state index is 0.417. The van der Waals surface area contributed by atoms with Gasteiger partial charge in [0.15, 0.2) is 0 Å². The fraction of sp³-hybridized carbons (Fsp3) is 0.196. The van der Waals surface area contributed by atoms with E-state index in [0.29, 0.717) is 22.9 Å². The van der Waals surface area contributed by atoms with E-state index in [1.54, 1.807) is 47.8 Å². The van der Waals surface area contributed by atoms with Gasteiger partial charge < -0.3 is 10.6 Å². The molecule has 6 aromatic carbocycles. The van der Waals surface area contributed by atoms with E-state index < -0.39 is 20.0 Å². The lowest BCUT2D eigenvalue weighted by Crippen LogP contribution is -2.23. The van der Waals surface area contributed by atoms with Crippen molar-refractivity contribution < 1.29 is 16.8 Å². The number of nitrogens with zero attached hydrogens (tertiary/aromatic N) is 1. The van der Waals surface area contributed by atoms with Crippen LogP contribution in [0.3, 0.4) is 0 Å². The average Bonchev–Trinajstić information content (AvgIpc) is 4.15. The number of hydrogen-bond acceptors (Lipinski definition) is 7. The second-order valence-corrected chi connectivity index (χ2v) is 18.2. The van der Waals surface area contributed by atoms with Crippen molar-refractivity contribution in [2.75, 3.05) is 6.54 Å². The van der Waals surface area contributed by atoms with Gasteiger partial charge in [-0.1, -0.05) is 152 Å². The highest BCUT2D eigenvalue weighted by molar-refractivity contribution is 7.90. The van der Waals surface area contributed by atoms with Gasteiger partial charge in [0.2, 0.25) is 20.0 Å². The van der Waals surface area contributed by atoms with Gasteiger partial charge in [-0.05, 0) is 101 Å². The molecule has 9 nitrogen and oxygen atoms in total. The number of fused-ring (bicyclic) bond motifs is 5. The van der Waals surface area contributed by atoms with E-state index in [-0.39, 0.29) is 0 Å². The fourth-order valence-corrected chi connectivity index (χ4v) is 9.68. The highest BCUT2D eigenvalue weighted by atomic mass is 32.2. The Kier molecular flexibility index (Phi) is 17.7. The van der Waals surface area contributed by atoms with Crippen LogP contribution in [-0.4, -0.2) is 28.4 Å². The van der Waals surface area contributed by atoms with Crippen molar-refractivity contribution in [3.8, 4) is 0 Å². The van der Waals surface area contributed by atoms with Crippen LogP contribution in [0.1, 0.15) is 50.9 Å². The molecule has 0 radical (unpaired) electrons. The molecule has 0 unspecified atom stereocenters. The Morgan fingerprint density at radius 2 is 0.677 bits per heavy atom. The van der Waals surface area contributed by atoms with Gasteiger partial charge in [0.05, 0.1) is 9.79 Å². The molecule has 1 aliphatic carbocycles. The monoisotopic (exact) mass is 865 g/mol. The zero-order valence-corrected chi connectivity index (χ0v) is 36.5. The Labute approximate surface area is 367 Å². The first-order valence-electron chi connectivity index (χ1n) is 20.9. The predicted octanol–water partition coefficient (Wildman–Crippen LogP) is 8.52. The van der Waals surface area contributed by atoms with E-state index >= 15 is 0 Å². The second kappa shape index (κ2) is 24.0. The lowest BCUT2D eigenvalue weighted by Gasteiger charge is -2.15. The first kappa shape index (κ1) is 45.7. The van der Waals surface area contributed by atoms with E-state index in [9.17, 15) is 16.8 Å². The van der Waals surface area contributed by atoms with Crippen LogP contribution in [0.5, 0.6) is 0 Å². The zero-order valence-electron chi connectivity index (χ0n) is 34.9. The van der Waals surface area contributed by atoms with Gasteiger partial charge in [-0.25, -0.2) is 26.3 Å². The molecule has 0 bridgehead atoms. The maximum atomic E-state index is 11.1. The molecular formula is C51H55N5O4S2. The molecule has 11 heteroatoms. The highest BCUT2D eigenvalue weighted by Crippen LogP contribution is 2.22. The molecule has 0 saturated carbocycles. The summed E-state index contributed by atoms with van der Waals surface area (Å²) in [5, 5.41) is 6.63. The van der Waals surface area contributed by atoms with E-state index in [1.165, 1.54) is 47.9 Å². The second-order valence-electron chi connectivity index (χ2n) is 14.7. The number of rotatable bonds is 0. The highest BCUT2D eigenvalue weighted by Gasteiger charge is 2.24. The summed E-state index contributed by atoms with van der Waals surface area (Å²) >= 11 is 0. The molecule has 0 spiro atoms. The standard InChI is InChI=1S/C9H11N.C9H10.C8H9N.2C7H7NO2S.C6H6.C5H5N/c1-2-4-9-7-10-6-5-8(9)3-1;1-2-5-9-7-3-6-8(9)4-1;1-2-4-8-6-9-5-7(8)3-1;2*9-11(10)7-4-2-1-3-6(7)5-8-11;2*1-2-4-6-5-3-1/h1-4,10H,5-7H2;1-2,4-5H,3,6-7H2;1-4,9H,5-6H2;2*1-4,8H,5H2;1-6H;1-5H.